The zero-order valence-corrected chi connectivity index (χ0v) is 15.8. The molecule has 2 atom stereocenters. The molecule has 5 nitrogen and oxygen atoms in total. The molecule has 1 aromatic heterocycles. The molecule has 1 aromatic carbocycles. The average molecular weight is 340 g/mol. The van der Waals surface area contributed by atoms with E-state index in [9.17, 15) is 4.79 Å². The lowest BCUT2D eigenvalue weighted by Crippen LogP contribution is -2.42. The quantitative estimate of drug-likeness (QED) is 0.932. The van der Waals surface area contributed by atoms with Crippen molar-refractivity contribution in [1.82, 2.24) is 15.1 Å². The summed E-state index contributed by atoms with van der Waals surface area (Å²) >= 11 is 0. The van der Waals surface area contributed by atoms with Gasteiger partial charge >= 0.3 is 0 Å². The molecule has 134 valence electrons. The third-order valence-electron chi connectivity index (χ3n) is 5.29. The number of amides is 1. The van der Waals surface area contributed by atoms with E-state index >= 15 is 0 Å². The molecule has 3 rings (SSSR count). The number of hydrogen-bond acceptors (Lipinski definition) is 3. The van der Waals surface area contributed by atoms with Gasteiger partial charge in [0.05, 0.1) is 5.69 Å². The molecule has 1 aliphatic rings. The summed E-state index contributed by atoms with van der Waals surface area (Å²) in [5.74, 6) is 0.375. The molecular formula is C20H28N4O. The van der Waals surface area contributed by atoms with Gasteiger partial charge in [0.15, 0.2) is 0 Å². The van der Waals surface area contributed by atoms with Crippen molar-refractivity contribution in [3.05, 3.63) is 46.8 Å². The summed E-state index contributed by atoms with van der Waals surface area (Å²) in [4.78, 5) is 17.4. The molecule has 1 amide bonds. The summed E-state index contributed by atoms with van der Waals surface area (Å²) in [5, 5.41) is 7.30. The zero-order valence-electron chi connectivity index (χ0n) is 15.8. The van der Waals surface area contributed by atoms with Gasteiger partial charge in [-0.1, -0.05) is 25.1 Å². The Morgan fingerprint density at radius 3 is 2.76 bits per heavy atom. The van der Waals surface area contributed by atoms with E-state index in [0.717, 1.165) is 17.9 Å². The van der Waals surface area contributed by atoms with Crippen LogP contribution in [-0.4, -0.2) is 40.6 Å². The molecule has 0 aliphatic carbocycles. The van der Waals surface area contributed by atoms with E-state index in [0.29, 0.717) is 13.0 Å². The number of nitrogens with zero attached hydrogens (tertiary/aromatic N) is 3. The Morgan fingerprint density at radius 1 is 1.36 bits per heavy atom. The molecule has 0 radical (unpaired) electrons. The Hall–Kier alpha value is -2.30. The van der Waals surface area contributed by atoms with E-state index in [4.69, 9.17) is 0 Å². The van der Waals surface area contributed by atoms with E-state index in [2.05, 4.69) is 54.2 Å². The molecule has 0 saturated carbocycles. The molecule has 1 N–H and O–H groups in total. The Labute approximate surface area is 150 Å². The monoisotopic (exact) mass is 340 g/mol. The molecule has 0 saturated heterocycles. The lowest BCUT2D eigenvalue weighted by Gasteiger charge is -2.29. The molecule has 0 fully saturated rings. The van der Waals surface area contributed by atoms with Gasteiger partial charge < -0.3 is 9.80 Å². The Balaban J connectivity index is 1.80. The average Bonchev–Trinajstić information content (AvgIpc) is 2.84. The Bertz CT molecular complexity index is 747. The molecular weight excluding hydrogens is 312 g/mol. The minimum Gasteiger partial charge on any atom is -0.372 e. The van der Waals surface area contributed by atoms with Gasteiger partial charge in [-0.3, -0.25) is 9.89 Å². The number of aryl methyl sites for hydroxylation is 2. The standard InChI is InChI=1S/C20H28N4O/c1-13(20-15(3)21-22-16(20)4)10-19(25)24-12-17-8-6-7-9-18(17)23(5)11-14(24)2/h6-9,13-14H,10-12H2,1-5H3,(H,21,22)/t13-,14-/m1/s1. The molecule has 25 heavy (non-hydrogen) atoms. The first-order valence-corrected chi connectivity index (χ1v) is 8.98. The van der Waals surface area contributed by atoms with E-state index in [1.807, 2.05) is 24.8 Å². The number of hydrogen-bond donors (Lipinski definition) is 1. The second kappa shape index (κ2) is 6.90. The minimum atomic E-state index is 0.162. The molecule has 0 unspecified atom stereocenters. The summed E-state index contributed by atoms with van der Waals surface area (Å²) < 4.78 is 0. The highest BCUT2D eigenvalue weighted by Gasteiger charge is 2.28. The van der Waals surface area contributed by atoms with Crippen LogP contribution in [0, 0.1) is 13.8 Å². The summed E-state index contributed by atoms with van der Waals surface area (Å²) in [5.41, 5.74) is 5.66. The van der Waals surface area contributed by atoms with Crippen molar-refractivity contribution in [2.75, 3.05) is 18.5 Å². The maximum absolute atomic E-state index is 13.1. The van der Waals surface area contributed by atoms with E-state index in [1.54, 1.807) is 0 Å². The number of likely N-dealkylation sites (N-methyl/N-ethyl adjacent to an activating group) is 1. The normalized spacial score (nSPS) is 18.7. The number of nitrogens with one attached hydrogen (secondary N) is 1. The highest BCUT2D eigenvalue weighted by atomic mass is 16.2. The van der Waals surface area contributed by atoms with Gasteiger partial charge in [0, 0.05) is 44.0 Å². The zero-order chi connectivity index (χ0) is 18.1. The number of H-pyrrole nitrogens is 1. The minimum absolute atomic E-state index is 0.162. The van der Waals surface area contributed by atoms with Crippen LogP contribution in [0.4, 0.5) is 5.69 Å². The smallest absolute Gasteiger partial charge is 0.223 e. The van der Waals surface area contributed by atoms with Crippen LogP contribution < -0.4 is 4.90 Å². The van der Waals surface area contributed by atoms with Crippen LogP contribution in [0.25, 0.3) is 0 Å². The first kappa shape index (κ1) is 17.5. The number of rotatable bonds is 3. The first-order chi connectivity index (χ1) is 11.9. The lowest BCUT2D eigenvalue weighted by molar-refractivity contribution is -0.134. The fourth-order valence-corrected chi connectivity index (χ4v) is 4.05. The first-order valence-electron chi connectivity index (χ1n) is 8.98. The Kier molecular flexibility index (Phi) is 4.84. The number of aromatic amines is 1. The summed E-state index contributed by atoms with van der Waals surface area (Å²) in [7, 11) is 2.10. The molecule has 0 spiro atoms. The van der Waals surface area contributed by atoms with Gasteiger partial charge in [0.2, 0.25) is 5.91 Å². The SMILES string of the molecule is Cc1n[nH]c(C)c1[C@H](C)CC(=O)N1Cc2ccccc2N(C)C[C@H]1C. The van der Waals surface area contributed by atoms with Crippen LogP contribution in [0.2, 0.25) is 0 Å². The highest BCUT2D eigenvalue weighted by molar-refractivity contribution is 5.78. The van der Waals surface area contributed by atoms with Gasteiger partial charge in [0.25, 0.3) is 0 Å². The topological polar surface area (TPSA) is 52.2 Å². The van der Waals surface area contributed by atoms with Crippen molar-refractivity contribution in [2.45, 2.75) is 52.6 Å². The van der Waals surface area contributed by atoms with E-state index < -0.39 is 0 Å². The predicted molar refractivity (Wildman–Crippen MR) is 101 cm³/mol. The van der Waals surface area contributed by atoms with E-state index in [1.165, 1.54) is 16.8 Å². The number of carbonyl (C=O) groups excluding carboxylic acids is 1. The Morgan fingerprint density at radius 2 is 2.08 bits per heavy atom. The number of para-hydroxylation sites is 1. The largest absolute Gasteiger partial charge is 0.372 e. The van der Waals surface area contributed by atoms with Crippen LogP contribution >= 0.6 is 0 Å². The van der Waals surface area contributed by atoms with Crippen molar-refractivity contribution in [3.63, 3.8) is 0 Å². The maximum atomic E-state index is 13.1. The number of carbonyl (C=O) groups is 1. The van der Waals surface area contributed by atoms with Gasteiger partial charge in [-0.15, -0.1) is 0 Å². The van der Waals surface area contributed by atoms with Gasteiger partial charge in [-0.05, 0) is 43.9 Å². The van der Waals surface area contributed by atoms with Crippen molar-refractivity contribution in [2.24, 2.45) is 0 Å². The fourth-order valence-electron chi connectivity index (χ4n) is 4.05. The summed E-state index contributed by atoms with van der Waals surface area (Å²) in [6.45, 7) is 9.80. The maximum Gasteiger partial charge on any atom is 0.223 e. The third kappa shape index (κ3) is 3.41. The van der Waals surface area contributed by atoms with Gasteiger partial charge in [0.1, 0.15) is 0 Å². The summed E-state index contributed by atoms with van der Waals surface area (Å²) in [6.07, 6.45) is 0.511. The molecule has 2 aromatic rings. The van der Waals surface area contributed by atoms with Crippen LogP contribution in [0.1, 0.15) is 48.7 Å². The molecule has 0 bridgehead atoms. The van der Waals surface area contributed by atoms with Crippen LogP contribution in [0.15, 0.2) is 24.3 Å². The summed E-state index contributed by atoms with van der Waals surface area (Å²) in [6, 6.07) is 8.55. The van der Waals surface area contributed by atoms with Crippen molar-refractivity contribution < 1.29 is 4.79 Å². The molecule has 2 heterocycles. The second-order valence-electron chi connectivity index (χ2n) is 7.33. The molecule has 1 aliphatic heterocycles. The number of benzene rings is 1. The fraction of sp³-hybridized carbons (Fsp3) is 0.500. The predicted octanol–water partition coefficient (Wildman–Crippen LogP) is 3.39. The van der Waals surface area contributed by atoms with Crippen LogP contribution in [-0.2, 0) is 11.3 Å². The van der Waals surface area contributed by atoms with Crippen molar-refractivity contribution >= 4 is 11.6 Å². The third-order valence-corrected chi connectivity index (χ3v) is 5.29. The van der Waals surface area contributed by atoms with Crippen LogP contribution in [0.3, 0.4) is 0 Å². The number of anilines is 1. The highest BCUT2D eigenvalue weighted by Crippen LogP contribution is 2.29. The molecule has 5 heteroatoms. The number of aromatic nitrogens is 2. The lowest BCUT2D eigenvalue weighted by atomic mass is 9.95. The van der Waals surface area contributed by atoms with Crippen molar-refractivity contribution in [3.8, 4) is 0 Å². The van der Waals surface area contributed by atoms with Gasteiger partial charge in [-0.25, -0.2) is 0 Å². The van der Waals surface area contributed by atoms with E-state index in [-0.39, 0.29) is 17.9 Å². The second-order valence-corrected chi connectivity index (χ2v) is 7.33. The van der Waals surface area contributed by atoms with Gasteiger partial charge in [-0.2, -0.15) is 5.10 Å². The van der Waals surface area contributed by atoms with Crippen LogP contribution in [0.5, 0.6) is 0 Å². The number of fused-ring (bicyclic) bond motifs is 1. The van der Waals surface area contributed by atoms with Crippen molar-refractivity contribution in [1.29, 1.82) is 0 Å².